The number of halogens is 2. The number of anilines is 1. The lowest BCUT2D eigenvalue weighted by molar-refractivity contribution is -0.139. The maximum atomic E-state index is 14.2. The van der Waals surface area contributed by atoms with Crippen LogP contribution < -0.4 is 14.4 Å². The number of nitrogens with one attached hydrogen (secondary N) is 1. The van der Waals surface area contributed by atoms with Crippen LogP contribution in [0.1, 0.15) is 55.7 Å². The second-order valence-corrected chi connectivity index (χ2v) is 12.5. The summed E-state index contributed by atoms with van der Waals surface area (Å²) in [6.07, 6.45) is 4.60. The summed E-state index contributed by atoms with van der Waals surface area (Å²) in [4.78, 5) is 25.3. The zero-order valence-electron chi connectivity index (χ0n) is 22.8. The van der Waals surface area contributed by atoms with E-state index in [1.54, 1.807) is 39.0 Å². The van der Waals surface area contributed by atoms with Gasteiger partial charge in [0, 0.05) is 0 Å². The third kappa shape index (κ3) is 6.50. The molecule has 8 nitrogen and oxygen atoms in total. The molecule has 0 bridgehead atoms. The van der Waals surface area contributed by atoms with Gasteiger partial charge in [-0.05, 0) is 94.3 Å². The van der Waals surface area contributed by atoms with Gasteiger partial charge in [-0.25, -0.2) is 22.4 Å². The molecule has 1 heterocycles. The van der Waals surface area contributed by atoms with Gasteiger partial charge in [-0.2, -0.15) is 0 Å². The Morgan fingerprint density at radius 2 is 1.85 bits per heavy atom. The van der Waals surface area contributed by atoms with E-state index >= 15 is 0 Å². The summed E-state index contributed by atoms with van der Waals surface area (Å²) in [6, 6.07) is 6.66. The van der Waals surface area contributed by atoms with Gasteiger partial charge < -0.3 is 14.8 Å². The van der Waals surface area contributed by atoms with E-state index in [1.807, 2.05) is 0 Å². The molecule has 0 radical (unpaired) electrons. The Balaban J connectivity index is 1.71. The van der Waals surface area contributed by atoms with Crippen LogP contribution in [0.5, 0.6) is 5.75 Å². The fraction of sp³-hybridized carbons (Fsp3) is 0.448. The molecule has 40 heavy (non-hydrogen) atoms. The molecule has 0 amide bonds. The number of hydrogen-bond donors (Lipinski definition) is 1. The summed E-state index contributed by atoms with van der Waals surface area (Å²) in [5.74, 6) is -1.20. The minimum absolute atomic E-state index is 0.0795. The highest BCUT2D eigenvalue weighted by Gasteiger charge is 2.40. The van der Waals surface area contributed by atoms with E-state index in [4.69, 9.17) is 21.1 Å². The van der Waals surface area contributed by atoms with Crippen molar-refractivity contribution in [1.82, 2.24) is 5.32 Å². The second-order valence-electron chi connectivity index (χ2n) is 10.1. The quantitative estimate of drug-likeness (QED) is 0.318. The van der Waals surface area contributed by atoms with E-state index in [1.165, 1.54) is 6.07 Å². The number of hydrogen-bond acceptors (Lipinski definition) is 7. The van der Waals surface area contributed by atoms with Crippen molar-refractivity contribution in [3.8, 4) is 5.75 Å². The van der Waals surface area contributed by atoms with Crippen LogP contribution in [-0.2, 0) is 30.9 Å². The molecule has 2 aliphatic rings. The minimum atomic E-state index is -4.23. The number of carbonyl (C=O) groups is 2. The van der Waals surface area contributed by atoms with Crippen molar-refractivity contribution >= 4 is 39.3 Å². The molecule has 0 aromatic heterocycles. The highest BCUT2D eigenvalue weighted by Crippen LogP contribution is 2.36. The van der Waals surface area contributed by atoms with E-state index in [0.29, 0.717) is 41.7 Å². The SMILES string of the molecule is CCOC(=O)C1=CCCCC1S(=O)(=O)N(Cc1cc(C)c(OC(=O)[C@@H]2CCCN2)c(C)c1)c1ccc(F)cc1Cl. The third-order valence-electron chi connectivity index (χ3n) is 7.13. The van der Waals surface area contributed by atoms with E-state index in [2.05, 4.69) is 5.32 Å². The molecule has 1 aliphatic carbocycles. The predicted molar refractivity (Wildman–Crippen MR) is 151 cm³/mol. The molecule has 1 aliphatic heterocycles. The van der Waals surface area contributed by atoms with E-state index in [9.17, 15) is 22.4 Å². The Morgan fingerprint density at radius 1 is 1.12 bits per heavy atom. The first-order valence-electron chi connectivity index (χ1n) is 13.4. The summed E-state index contributed by atoms with van der Waals surface area (Å²) < 4.78 is 54.4. The summed E-state index contributed by atoms with van der Waals surface area (Å²) in [5.41, 5.74) is 2.11. The third-order valence-corrected chi connectivity index (χ3v) is 9.58. The Hall–Kier alpha value is -2.95. The maximum Gasteiger partial charge on any atom is 0.335 e. The molecule has 2 atom stereocenters. The molecule has 1 fully saturated rings. The molecule has 1 N–H and O–H groups in total. The molecule has 4 rings (SSSR count). The van der Waals surface area contributed by atoms with Crippen LogP contribution >= 0.6 is 11.6 Å². The van der Waals surface area contributed by atoms with Crippen LogP contribution in [0.15, 0.2) is 42.0 Å². The number of carbonyl (C=O) groups excluding carboxylic acids is 2. The number of nitrogens with zero attached hydrogens (tertiary/aromatic N) is 1. The largest absolute Gasteiger partial charge is 0.463 e. The molecule has 2 aromatic carbocycles. The summed E-state index contributed by atoms with van der Waals surface area (Å²) >= 11 is 6.38. The van der Waals surface area contributed by atoms with E-state index in [0.717, 1.165) is 29.4 Å². The first-order valence-corrected chi connectivity index (χ1v) is 15.3. The van der Waals surface area contributed by atoms with E-state index < -0.39 is 27.1 Å². The van der Waals surface area contributed by atoms with Crippen molar-refractivity contribution in [3.63, 3.8) is 0 Å². The van der Waals surface area contributed by atoms with Gasteiger partial charge >= 0.3 is 11.9 Å². The number of benzene rings is 2. The summed E-state index contributed by atoms with van der Waals surface area (Å²) in [5, 5.41) is 1.89. The van der Waals surface area contributed by atoms with Crippen LogP contribution in [0.4, 0.5) is 10.1 Å². The van der Waals surface area contributed by atoms with Crippen molar-refractivity contribution in [2.45, 2.75) is 70.7 Å². The fourth-order valence-corrected chi connectivity index (χ4v) is 7.62. The Morgan fingerprint density at radius 3 is 2.48 bits per heavy atom. The number of ether oxygens (including phenoxy) is 2. The highest BCUT2D eigenvalue weighted by atomic mass is 35.5. The van der Waals surface area contributed by atoms with Crippen LogP contribution in [0.3, 0.4) is 0 Å². The van der Waals surface area contributed by atoms with Gasteiger partial charge in [-0.1, -0.05) is 29.8 Å². The van der Waals surface area contributed by atoms with Gasteiger partial charge in [-0.3, -0.25) is 4.31 Å². The average molecular weight is 593 g/mol. The van der Waals surface area contributed by atoms with Crippen molar-refractivity contribution in [3.05, 3.63) is 69.5 Å². The van der Waals surface area contributed by atoms with Crippen molar-refractivity contribution in [2.24, 2.45) is 0 Å². The molecule has 216 valence electrons. The molecular weight excluding hydrogens is 559 g/mol. The van der Waals surface area contributed by atoms with Crippen LogP contribution in [0, 0.1) is 19.7 Å². The number of sulfonamides is 1. The maximum absolute atomic E-state index is 14.2. The predicted octanol–water partition coefficient (Wildman–Crippen LogP) is 5.13. The number of esters is 2. The molecule has 0 spiro atoms. The van der Waals surface area contributed by atoms with Gasteiger partial charge in [-0.15, -0.1) is 0 Å². The first-order chi connectivity index (χ1) is 19.0. The molecule has 1 unspecified atom stereocenters. The Kier molecular flexibility index (Phi) is 9.53. The lowest BCUT2D eigenvalue weighted by atomic mass is 9.99. The Bertz CT molecular complexity index is 1400. The van der Waals surface area contributed by atoms with Gasteiger partial charge in [0.25, 0.3) is 0 Å². The van der Waals surface area contributed by atoms with Crippen LogP contribution in [0.25, 0.3) is 0 Å². The standard InChI is InChI=1S/C29H34ClFN2O6S/c1-4-38-28(34)22-8-5-6-10-26(22)40(36,37)33(25-12-11-21(31)16-23(25)30)17-20-14-18(2)27(19(3)15-20)39-29(35)24-9-7-13-32-24/h8,11-12,14-16,24,26,32H,4-7,9-10,13,17H2,1-3H3/t24-,26?/m0/s1. The zero-order valence-corrected chi connectivity index (χ0v) is 24.4. The summed E-state index contributed by atoms with van der Waals surface area (Å²) in [7, 11) is -4.23. The lowest BCUT2D eigenvalue weighted by Gasteiger charge is -2.32. The molecule has 11 heteroatoms. The molecule has 2 aromatic rings. The summed E-state index contributed by atoms with van der Waals surface area (Å²) in [6.45, 7) is 5.97. The number of allylic oxidation sites excluding steroid dienone is 1. The van der Waals surface area contributed by atoms with Crippen LogP contribution in [-0.4, -0.2) is 44.8 Å². The van der Waals surface area contributed by atoms with Gasteiger partial charge in [0.15, 0.2) is 0 Å². The highest BCUT2D eigenvalue weighted by molar-refractivity contribution is 7.93. The normalized spacial score (nSPS) is 19.2. The van der Waals surface area contributed by atoms with E-state index in [-0.39, 0.29) is 47.9 Å². The fourth-order valence-electron chi connectivity index (χ4n) is 5.25. The van der Waals surface area contributed by atoms with Gasteiger partial charge in [0.05, 0.1) is 29.4 Å². The van der Waals surface area contributed by atoms with Crippen molar-refractivity contribution in [1.29, 1.82) is 0 Å². The van der Waals surface area contributed by atoms with Crippen LogP contribution in [0.2, 0.25) is 5.02 Å². The minimum Gasteiger partial charge on any atom is -0.463 e. The van der Waals surface area contributed by atoms with Gasteiger partial charge in [0.2, 0.25) is 10.0 Å². The number of aryl methyl sites for hydroxylation is 2. The molecule has 1 saturated heterocycles. The van der Waals surface area contributed by atoms with Gasteiger partial charge in [0.1, 0.15) is 22.9 Å². The number of rotatable bonds is 9. The van der Waals surface area contributed by atoms with Crippen molar-refractivity contribution < 1.29 is 31.9 Å². The van der Waals surface area contributed by atoms with Crippen molar-refractivity contribution in [2.75, 3.05) is 17.5 Å². The monoisotopic (exact) mass is 592 g/mol. The zero-order chi connectivity index (χ0) is 29.0. The molecular formula is C29H34ClFN2O6S. The average Bonchev–Trinajstić information content (AvgIpc) is 3.45. The Labute approximate surface area is 239 Å². The second kappa shape index (κ2) is 12.7. The smallest absolute Gasteiger partial charge is 0.335 e. The topological polar surface area (TPSA) is 102 Å². The molecule has 0 saturated carbocycles. The first kappa shape index (κ1) is 30.0. The lowest BCUT2D eigenvalue weighted by Crippen LogP contribution is -2.42.